The second-order valence-electron chi connectivity index (χ2n) is 4.47. The topological polar surface area (TPSA) is 47.1 Å². The van der Waals surface area contributed by atoms with Crippen LogP contribution in [0.5, 0.6) is 0 Å². The lowest BCUT2D eigenvalue weighted by atomic mass is 10.1. The summed E-state index contributed by atoms with van der Waals surface area (Å²) in [5, 5.41) is 4.17. The third kappa shape index (κ3) is 4.83. The van der Waals surface area contributed by atoms with Crippen LogP contribution in [0.15, 0.2) is 12.4 Å². The number of aryl methyl sites for hydroxylation is 1. The van der Waals surface area contributed by atoms with Crippen molar-refractivity contribution >= 4 is 17.2 Å². The highest BCUT2D eigenvalue weighted by molar-refractivity contribution is 7.80. The Hall–Kier alpha value is -0.940. The van der Waals surface area contributed by atoms with Gasteiger partial charge in [0.1, 0.15) is 0 Å². The third-order valence-corrected chi connectivity index (χ3v) is 3.34. The zero-order chi connectivity index (χ0) is 12.8. The number of hydrogen-bond donors (Lipinski definition) is 1. The van der Waals surface area contributed by atoms with Gasteiger partial charge in [-0.05, 0) is 18.5 Å². The molecule has 1 aromatic rings. The summed E-state index contributed by atoms with van der Waals surface area (Å²) < 4.78 is 1.84. The number of hydrogen-bond acceptors (Lipinski definition) is 3. The van der Waals surface area contributed by atoms with E-state index < -0.39 is 0 Å². The summed E-state index contributed by atoms with van der Waals surface area (Å²) in [5.41, 5.74) is 6.91. The predicted octanol–water partition coefficient (Wildman–Crippen LogP) is 1.21. The molecule has 0 aromatic carbocycles. The maximum Gasteiger partial charge on any atom is 0.0768 e. The lowest BCUT2D eigenvalue weighted by molar-refractivity contribution is 0.275. The summed E-state index contributed by atoms with van der Waals surface area (Å²) in [6.07, 6.45) is 5.00. The molecular formula is C12H22N4S. The van der Waals surface area contributed by atoms with Gasteiger partial charge in [0.05, 0.1) is 11.2 Å². The molecule has 0 aliphatic heterocycles. The van der Waals surface area contributed by atoms with E-state index in [0.717, 1.165) is 26.1 Å². The number of nitrogens with two attached hydrogens (primary N) is 1. The van der Waals surface area contributed by atoms with Crippen LogP contribution in [0.4, 0.5) is 0 Å². The van der Waals surface area contributed by atoms with E-state index in [1.54, 1.807) is 0 Å². The molecule has 1 aromatic heterocycles. The van der Waals surface area contributed by atoms with E-state index in [4.69, 9.17) is 18.0 Å². The van der Waals surface area contributed by atoms with E-state index >= 15 is 0 Å². The van der Waals surface area contributed by atoms with Gasteiger partial charge in [-0.15, -0.1) is 0 Å². The van der Waals surface area contributed by atoms with E-state index in [0.29, 0.717) is 4.99 Å². The first-order chi connectivity index (χ1) is 8.02. The van der Waals surface area contributed by atoms with Crippen molar-refractivity contribution in [3.8, 4) is 0 Å². The van der Waals surface area contributed by atoms with Gasteiger partial charge in [0.2, 0.25) is 0 Å². The minimum Gasteiger partial charge on any atom is -0.393 e. The smallest absolute Gasteiger partial charge is 0.0768 e. The summed E-state index contributed by atoms with van der Waals surface area (Å²) in [6.45, 7) is 7.22. The van der Waals surface area contributed by atoms with Gasteiger partial charge in [0.15, 0.2) is 0 Å². The van der Waals surface area contributed by atoms with Crippen LogP contribution in [-0.4, -0.2) is 39.3 Å². The van der Waals surface area contributed by atoms with Crippen molar-refractivity contribution in [2.45, 2.75) is 20.3 Å². The van der Waals surface area contributed by atoms with Crippen molar-refractivity contribution in [2.24, 2.45) is 18.7 Å². The Balaban J connectivity index is 2.39. The summed E-state index contributed by atoms with van der Waals surface area (Å²) in [6, 6.07) is 0. The first kappa shape index (κ1) is 14.1. The number of rotatable bonds is 7. The van der Waals surface area contributed by atoms with E-state index in [1.807, 2.05) is 17.9 Å². The molecule has 1 unspecified atom stereocenters. The molecule has 5 heteroatoms. The Morgan fingerprint density at radius 1 is 1.65 bits per heavy atom. The van der Waals surface area contributed by atoms with Crippen molar-refractivity contribution in [1.29, 1.82) is 0 Å². The fourth-order valence-electron chi connectivity index (χ4n) is 1.74. The third-order valence-electron chi connectivity index (χ3n) is 2.94. The number of aromatic nitrogens is 2. The average Bonchev–Trinajstić information content (AvgIpc) is 2.69. The molecule has 0 aliphatic rings. The quantitative estimate of drug-likeness (QED) is 0.743. The van der Waals surface area contributed by atoms with Gasteiger partial charge in [-0.1, -0.05) is 26.1 Å². The van der Waals surface area contributed by atoms with Crippen molar-refractivity contribution < 1.29 is 0 Å². The molecule has 2 N–H and O–H groups in total. The molecular weight excluding hydrogens is 232 g/mol. The normalized spacial score (nSPS) is 12.9. The molecule has 4 nitrogen and oxygen atoms in total. The fourth-order valence-corrected chi connectivity index (χ4v) is 1.82. The highest BCUT2D eigenvalue weighted by Crippen LogP contribution is 2.04. The van der Waals surface area contributed by atoms with E-state index in [9.17, 15) is 0 Å². The summed E-state index contributed by atoms with van der Waals surface area (Å²) in [4.78, 5) is 2.97. The molecule has 0 spiro atoms. The summed E-state index contributed by atoms with van der Waals surface area (Å²) in [5.74, 6) is 0.277. The Bertz CT molecular complexity index is 361. The van der Waals surface area contributed by atoms with E-state index in [2.05, 4.69) is 30.0 Å². The first-order valence-electron chi connectivity index (χ1n) is 6.02. The van der Waals surface area contributed by atoms with Crippen molar-refractivity contribution in [3.05, 3.63) is 18.0 Å². The lowest BCUT2D eigenvalue weighted by Crippen LogP contribution is -2.35. The molecule has 0 fully saturated rings. The molecule has 96 valence electrons. The average molecular weight is 254 g/mol. The molecule has 1 atom stereocenters. The maximum absolute atomic E-state index is 5.64. The second-order valence-corrected chi connectivity index (χ2v) is 4.94. The van der Waals surface area contributed by atoms with Crippen LogP contribution >= 0.6 is 12.2 Å². The fraction of sp³-hybridized carbons (Fsp3) is 0.667. The largest absolute Gasteiger partial charge is 0.393 e. The molecule has 0 saturated heterocycles. The van der Waals surface area contributed by atoms with Crippen LogP contribution in [0.25, 0.3) is 0 Å². The predicted molar refractivity (Wildman–Crippen MR) is 75.0 cm³/mol. The second kappa shape index (κ2) is 6.71. The van der Waals surface area contributed by atoms with Gasteiger partial charge < -0.3 is 10.6 Å². The Morgan fingerprint density at radius 3 is 2.82 bits per heavy atom. The van der Waals surface area contributed by atoms with E-state index in [-0.39, 0.29) is 5.92 Å². The minimum absolute atomic E-state index is 0.277. The zero-order valence-electron chi connectivity index (χ0n) is 10.9. The molecule has 0 bridgehead atoms. The lowest BCUT2D eigenvalue weighted by Gasteiger charge is -2.23. The van der Waals surface area contributed by atoms with Gasteiger partial charge in [-0.25, -0.2) is 0 Å². The Labute approximate surface area is 109 Å². The van der Waals surface area contributed by atoms with Crippen molar-refractivity contribution in [2.75, 3.05) is 19.6 Å². The summed E-state index contributed by atoms with van der Waals surface area (Å²) in [7, 11) is 1.94. The number of nitrogens with zero attached hydrogens (tertiary/aromatic N) is 3. The molecule has 0 saturated carbocycles. The van der Waals surface area contributed by atoms with Gasteiger partial charge in [0, 0.05) is 32.3 Å². The molecule has 1 heterocycles. The molecule has 17 heavy (non-hydrogen) atoms. The van der Waals surface area contributed by atoms with Crippen LogP contribution < -0.4 is 5.73 Å². The molecule has 0 aliphatic carbocycles. The van der Waals surface area contributed by atoms with Crippen LogP contribution in [0.2, 0.25) is 0 Å². The van der Waals surface area contributed by atoms with Gasteiger partial charge in [0.25, 0.3) is 0 Å². The molecule has 0 amide bonds. The van der Waals surface area contributed by atoms with Crippen LogP contribution in [0.3, 0.4) is 0 Å². The number of thiocarbonyl (C=S) groups is 1. The zero-order valence-corrected chi connectivity index (χ0v) is 11.7. The monoisotopic (exact) mass is 254 g/mol. The van der Waals surface area contributed by atoms with Crippen LogP contribution in [-0.2, 0) is 13.5 Å². The number of likely N-dealkylation sites (N-methyl/N-ethyl adjacent to an activating group) is 1. The standard InChI is InChI=1S/C12H22N4S/c1-4-16(8-10(2)12(13)17)6-5-11-7-14-15(3)9-11/h7,9-10H,4-6,8H2,1-3H3,(H2,13,17). The van der Waals surface area contributed by atoms with Gasteiger partial charge in [-0.2, -0.15) is 5.10 Å². The van der Waals surface area contributed by atoms with Gasteiger partial charge >= 0.3 is 0 Å². The molecule has 1 rings (SSSR count). The SMILES string of the molecule is CCN(CCc1cnn(C)c1)CC(C)C(N)=S. The van der Waals surface area contributed by atoms with Crippen LogP contribution in [0.1, 0.15) is 19.4 Å². The minimum atomic E-state index is 0.277. The Morgan fingerprint density at radius 2 is 2.35 bits per heavy atom. The highest BCUT2D eigenvalue weighted by Gasteiger charge is 2.11. The first-order valence-corrected chi connectivity index (χ1v) is 6.43. The Kier molecular flexibility index (Phi) is 5.58. The van der Waals surface area contributed by atoms with Crippen molar-refractivity contribution in [1.82, 2.24) is 14.7 Å². The van der Waals surface area contributed by atoms with Gasteiger partial charge in [-0.3, -0.25) is 4.68 Å². The van der Waals surface area contributed by atoms with Crippen molar-refractivity contribution in [3.63, 3.8) is 0 Å². The molecule has 0 radical (unpaired) electrons. The van der Waals surface area contributed by atoms with Crippen LogP contribution in [0, 0.1) is 5.92 Å². The summed E-state index contributed by atoms with van der Waals surface area (Å²) >= 11 is 5.00. The van der Waals surface area contributed by atoms with E-state index in [1.165, 1.54) is 5.56 Å². The highest BCUT2D eigenvalue weighted by atomic mass is 32.1. The maximum atomic E-state index is 5.64.